The molecule has 1 rings (SSSR count). The SMILES string of the molecule is COC(=O)CCCS(=O)(=O)Nc1cccc(CN)c1. The lowest BCUT2D eigenvalue weighted by atomic mass is 10.2. The molecule has 0 fully saturated rings. The summed E-state index contributed by atoms with van der Waals surface area (Å²) in [5.41, 5.74) is 6.80. The molecule has 0 unspecified atom stereocenters. The van der Waals surface area contributed by atoms with Crippen molar-refractivity contribution < 1.29 is 17.9 Å². The fourth-order valence-corrected chi connectivity index (χ4v) is 2.61. The molecule has 0 aromatic heterocycles. The molecule has 0 aliphatic rings. The van der Waals surface area contributed by atoms with Crippen molar-refractivity contribution in [3.8, 4) is 0 Å². The molecule has 0 amide bonds. The lowest BCUT2D eigenvalue weighted by Crippen LogP contribution is -2.17. The molecule has 19 heavy (non-hydrogen) atoms. The van der Waals surface area contributed by atoms with Crippen LogP contribution in [0.1, 0.15) is 18.4 Å². The van der Waals surface area contributed by atoms with Crippen molar-refractivity contribution in [1.29, 1.82) is 0 Å². The molecule has 6 nitrogen and oxygen atoms in total. The third-order valence-electron chi connectivity index (χ3n) is 2.46. The Bertz CT molecular complexity index is 528. The molecule has 0 spiro atoms. The van der Waals surface area contributed by atoms with Crippen molar-refractivity contribution >= 4 is 21.7 Å². The molecule has 3 N–H and O–H groups in total. The second-order valence-corrected chi connectivity index (χ2v) is 5.85. The Balaban J connectivity index is 2.56. The van der Waals surface area contributed by atoms with E-state index in [0.29, 0.717) is 12.2 Å². The van der Waals surface area contributed by atoms with E-state index < -0.39 is 16.0 Å². The van der Waals surface area contributed by atoms with E-state index in [0.717, 1.165) is 5.56 Å². The molecule has 0 saturated carbocycles. The number of nitrogens with one attached hydrogen (secondary N) is 1. The number of esters is 1. The fraction of sp³-hybridized carbons (Fsp3) is 0.417. The Labute approximate surface area is 113 Å². The van der Waals surface area contributed by atoms with Gasteiger partial charge >= 0.3 is 5.97 Å². The predicted molar refractivity (Wildman–Crippen MR) is 73.0 cm³/mol. The van der Waals surface area contributed by atoms with E-state index in [1.165, 1.54) is 7.11 Å². The van der Waals surface area contributed by atoms with Gasteiger partial charge in [0.25, 0.3) is 0 Å². The summed E-state index contributed by atoms with van der Waals surface area (Å²) >= 11 is 0. The highest BCUT2D eigenvalue weighted by atomic mass is 32.2. The number of sulfonamides is 1. The monoisotopic (exact) mass is 286 g/mol. The van der Waals surface area contributed by atoms with Crippen molar-refractivity contribution in [2.75, 3.05) is 17.6 Å². The molecular weight excluding hydrogens is 268 g/mol. The Morgan fingerprint density at radius 2 is 2.16 bits per heavy atom. The van der Waals surface area contributed by atoms with Gasteiger partial charge in [-0.3, -0.25) is 9.52 Å². The van der Waals surface area contributed by atoms with Crippen molar-refractivity contribution in [2.45, 2.75) is 19.4 Å². The van der Waals surface area contributed by atoms with Crippen molar-refractivity contribution in [2.24, 2.45) is 5.73 Å². The average Bonchev–Trinajstić information content (AvgIpc) is 2.37. The van der Waals surface area contributed by atoms with E-state index >= 15 is 0 Å². The van der Waals surface area contributed by atoms with Crippen LogP contribution in [0.5, 0.6) is 0 Å². The third-order valence-corrected chi connectivity index (χ3v) is 3.83. The van der Waals surface area contributed by atoms with Crippen LogP contribution in [-0.4, -0.2) is 27.2 Å². The van der Waals surface area contributed by atoms with Gasteiger partial charge < -0.3 is 10.5 Å². The Morgan fingerprint density at radius 1 is 1.42 bits per heavy atom. The molecule has 106 valence electrons. The number of ether oxygens (including phenoxy) is 1. The first kappa shape index (κ1) is 15.5. The fourth-order valence-electron chi connectivity index (χ4n) is 1.50. The number of nitrogens with two attached hydrogens (primary N) is 1. The number of rotatable bonds is 7. The zero-order valence-corrected chi connectivity index (χ0v) is 11.6. The zero-order valence-electron chi connectivity index (χ0n) is 10.8. The lowest BCUT2D eigenvalue weighted by molar-refractivity contribution is -0.140. The standard InChI is InChI=1S/C12H18N2O4S/c1-18-12(15)6-3-7-19(16,17)14-11-5-2-4-10(8-11)9-13/h2,4-5,8,14H,3,6-7,9,13H2,1H3. The maximum atomic E-state index is 11.8. The number of benzene rings is 1. The highest BCUT2D eigenvalue weighted by Gasteiger charge is 2.12. The topological polar surface area (TPSA) is 98.5 Å². The van der Waals surface area contributed by atoms with Crippen molar-refractivity contribution in [3.05, 3.63) is 29.8 Å². The molecule has 0 aliphatic carbocycles. The molecule has 1 aromatic carbocycles. The summed E-state index contributed by atoms with van der Waals surface area (Å²) in [4.78, 5) is 10.9. The van der Waals surface area contributed by atoms with E-state index in [1.807, 2.05) is 6.07 Å². The summed E-state index contributed by atoms with van der Waals surface area (Å²) in [7, 11) is -2.19. The van der Waals surface area contributed by atoms with Gasteiger partial charge in [0.1, 0.15) is 0 Å². The van der Waals surface area contributed by atoms with E-state index in [-0.39, 0.29) is 18.6 Å². The number of carbonyl (C=O) groups excluding carboxylic acids is 1. The van der Waals surface area contributed by atoms with Gasteiger partial charge in [0.2, 0.25) is 10.0 Å². The van der Waals surface area contributed by atoms with E-state index in [2.05, 4.69) is 9.46 Å². The van der Waals surface area contributed by atoms with Crippen LogP contribution < -0.4 is 10.5 Å². The molecule has 0 heterocycles. The van der Waals surface area contributed by atoms with Gasteiger partial charge in [0, 0.05) is 18.7 Å². The maximum absolute atomic E-state index is 11.8. The van der Waals surface area contributed by atoms with Crippen LogP contribution >= 0.6 is 0 Å². The summed E-state index contributed by atoms with van der Waals surface area (Å²) in [6, 6.07) is 6.87. The lowest BCUT2D eigenvalue weighted by Gasteiger charge is -2.08. The van der Waals surface area contributed by atoms with Crippen molar-refractivity contribution in [3.63, 3.8) is 0 Å². The van der Waals surface area contributed by atoms with Crippen LogP contribution in [0.3, 0.4) is 0 Å². The number of hydrogen-bond donors (Lipinski definition) is 2. The normalized spacial score (nSPS) is 11.1. The number of anilines is 1. The van der Waals surface area contributed by atoms with Crippen LogP contribution in [0.2, 0.25) is 0 Å². The minimum atomic E-state index is -3.46. The predicted octanol–water partition coefficient (Wildman–Crippen LogP) is 0.840. The minimum absolute atomic E-state index is 0.0836. The third kappa shape index (κ3) is 5.71. The van der Waals surface area contributed by atoms with Gasteiger partial charge in [0.15, 0.2) is 0 Å². The second kappa shape index (κ2) is 7.10. The average molecular weight is 286 g/mol. The first-order chi connectivity index (χ1) is 8.96. The molecule has 0 aliphatic heterocycles. The molecule has 0 bridgehead atoms. The van der Waals surface area contributed by atoms with Crippen LogP contribution in [-0.2, 0) is 26.1 Å². The van der Waals surface area contributed by atoms with E-state index in [4.69, 9.17) is 5.73 Å². The highest BCUT2D eigenvalue weighted by molar-refractivity contribution is 7.92. The van der Waals surface area contributed by atoms with Crippen LogP contribution in [0.15, 0.2) is 24.3 Å². The number of hydrogen-bond acceptors (Lipinski definition) is 5. The van der Waals surface area contributed by atoms with Crippen LogP contribution in [0, 0.1) is 0 Å². The second-order valence-electron chi connectivity index (χ2n) is 4.01. The summed E-state index contributed by atoms with van der Waals surface area (Å²) in [5, 5.41) is 0. The van der Waals surface area contributed by atoms with Gasteiger partial charge in [-0.25, -0.2) is 8.42 Å². The smallest absolute Gasteiger partial charge is 0.305 e. The van der Waals surface area contributed by atoms with Crippen LogP contribution in [0.4, 0.5) is 5.69 Å². The summed E-state index contributed by atoms with van der Waals surface area (Å²) < 4.78 is 30.4. The Kier molecular flexibility index (Phi) is 5.78. The van der Waals surface area contributed by atoms with Gasteiger partial charge in [-0.05, 0) is 24.1 Å². The van der Waals surface area contributed by atoms with Gasteiger partial charge in [-0.1, -0.05) is 12.1 Å². The number of methoxy groups -OCH3 is 1. The summed E-state index contributed by atoms with van der Waals surface area (Å²) in [6.07, 6.45) is 0.304. The van der Waals surface area contributed by atoms with Gasteiger partial charge in [-0.15, -0.1) is 0 Å². The molecule has 0 atom stereocenters. The van der Waals surface area contributed by atoms with Crippen LogP contribution in [0.25, 0.3) is 0 Å². The first-order valence-electron chi connectivity index (χ1n) is 5.83. The van der Waals surface area contributed by atoms with Crippen molar-refractivity contribution in [1.82, 2.24) is 0 Å². The molecule has 0 radical (unpaired) electrons. The highest BCUT2D eigenvalue weighted by Crippen LogP contribution is 2.12. The summed E-state index contributed by atoms with van der Waals surface area (Å²) in [6.45, 7) is 0.345. The van der Waals surface area contributed by atoms with Gasteiger partial charge in [0.05, 0.1) is 12.9 Å². The Morgan fingerprint density at radius 3 is 2.79 bits per heavy atom. The molecule has 7 heteroatoms. The molecule has 0 saturated heterocycles. The van der Waals surface area contributed by atoms with E-state index in [9.17, 15) is 13.2 Å². The number of carbonyl (C=O) groups is 1. The quantitative estimate of drug-likeness (QED) is 0.724. The molecular formula is C12H18N2O4S. The molecule has 1 aromatic rings. The largest absolute Gasteiger partial charge is 0.469 e. The van der Waals surface area contributed by atoms with E-state index in [1.54, 1.807) is 18.2 Å². The zero-order chi connectivity index (χ0) is 14.3. The Hall–Kier alpha value is -1.60. The minimum Gasteiger partial charge on any atom is -0.469 e. The maximum Gasteiger partial charge on any atom is 0.305 e. The van der Waals surface area contributed by atoms with Gasteiger partial charge in [-0.2, -0.15) is 0 Å². The summed E-state index contributed by atoms with van der Waals surface area (Å²) in [5.74, 6) is -0.546. The first-order valence-corrected chi connectivity index (χ1v) is 7.48.